The van der Waals surface area contributed by atoms with Crippen molar-refractivity contribution < 1.29 is 28.7 Å². The van der Waals surface area contributed by atoms with Gasteiger partial charge in [0.25, 0.3) is 0 Å². The summed E-state index contributed by atoms with van der Waals surface area (Å²) in [5.74, 6) is -0.567. The van der Waals surface area contributed by atoms with Crippen molar-refractivity contribution >= 4 is 29.6 Å². The maximum atomic E-state index is 13.7. The molecule has 10 nitrogen and oxygen atoms in total. The lowest BCUT2D eigenvalue weighted by Crippen LogP contribution is -2.52. The zero-order valence-electron chi connectivity index (χ0n) is 34.8. The number of allylic oxidation sites excluding steroid dienone is 5. The van der Waals surface area contributed by atoms with Gasteiger partial charge in [-0.1, -0.05) is 134 Å². The number of nitrogens with zero attached hydrogens (tertiary/aromatic N) is 1. The Morgan fingerprint density at radius 3 is 2.24 bits per heavy atom. The van der Waals surface area contributed by atoms with Gasteiger partial charge in [-0.25, -0.2) is 4.79 Å². The lowest BCUT2D eigenvalue weighted by atomic mass is 9.89. The van der Waals surface area contributed by atoms with E-state index in [1.165, 1.54) is 11.1 Å². The number of nitrogens with one attached hydrogen (secondary N) is 3. The second-order valence-corrected chi connectivity index (χ2v) is 16.4. The third-order valence-corrected chi connectivity index (χ3v) is 10.6. The molecule has 0 saturated heterocycles. The van der Waals surface area contributed by atoms with E-state index < -0.39 is 23.8 Å². The second-order valence-electron chi connectivity index (χ2n) is 16.4. The molecule has 3 aromatic carbocycles. The molecule has 1 aliphatic heterocycles. The normalized spacial score (nSPS) is 15.8. The number of fused-ring (bicyclic) bond motifs is 1. The number of alkyl carbamates (subject to hydrolysis) is 1. The average molecular weight is 801 g/mol. The van der Waals surface area contributed by atoms with Crippen LogP contribution < -0.4 is 16.0 Å². The summed E-state index contributed by atoms with van der Waals surface area (Å²) >= 11 is 0. The molecule has 59 heavy (non-hydrogen) atoms. The van der Waals surface area contributed by atoms with Crippen LogP contribution in [0.4, 0.5) is 4.79 Å². The lowest BCUT2D eigenvalue weighted by molar-refractivity contribution is -0.141. The van der Waals surface area contributed by atoms with Crippen molar-refractivity contribution in [2.75, 3.05) is 13.1 Å². The van der Waals surface area contributed by atoms with E-state index in [2.05, 4.69) is 40.2 Å². The molecule has 3 aromatic rings. The highest BCUT2D eigenvalue weighted by Crippen LogP contribution is 2.26. The van der Waals surface area contributed by atoms with Gasteiger partial charge in [0.15, 0.2) is 5.78 Å². The van der Waals surface area contributed by atoms with Crippen molar-refractivity contribution in [3.8, 4) is 0 Å². The van der Waals surface area contributed by atoms with Crippen molar-refractivity contribution in [2.24, 2.45) is 5.92 Å². The molecule has 0 radical (unpaired) electrons. The molecule has 2 unspecified atom stereocenters. The summed E-state index contributed by atoms with van der Waals surface area (Å²) in [5.41, 5.74) is 4.37. The maximum Gasteiger partial charge on any atom is 0.408 e. The lowest BCUT2D eigenvalue weighted by Gasteiger charge is -2.36. The van der Waals surface area contributed by atoms with E-state index in [0.29, 0.717) is 63.7 Å². The van der Waals surface area contributed by atoms with Crippen LogP contribution in [-0.2, 0) is 38.5 Å². The van der Waals surface area contributed by atoms with E-state index >= 15 is 0 Å². The summed E-state index contributed by atoms with van der Waals surface area (Å²) in [6.07, 6.45) is 14.8. The smallest absolute Gasteiger partial charge is 0.408 e. The Balaban J connectivity index is 1.13. The van der Waals surface area contributed by atoms with Gasteiger partial charge in [0.05, 0.1) is 0 Å². The van der Waals surface area contributed by atoms with Crippen LogP contribution in [0.5, 0.6) is 0 Å². The summed E-state index contributed by atoms with van der Waals surface area (Å²) in [4.78, 5) is 68.1. The molecule has 0 bridgehead atoms. The number of ketones is 1. The van der Waals surface area contributed by atoms with Gasteiger partial charge in [-0.05, 0) is 69.6 Å². The minimum atomic E-state index is -0.801. The number of carbonyl (C=O) groups excluding carboxylic acids is 5. The van der Waals surface area contributed by atoms with Gasteiger partial charge < -0.3 is 25.6 Å². The minimum absolute atomic E-state index is 0.00432. The topological polar surface area (TPSA) is 134 Å². The monoisotopic (exact) mass is 800 g/mol. The minimum Gasteiger partial charge on any atom is -0.444 e. The molecule has 0 saturated carbocycles. The molecule has 10 heteroatoms. The fourth-order valence-corrected chi connectivity index (χ4v) is 7.51. The Kier molecular flexibility index (Phi) is 16.8. The largest absolute Gasteiger partial charge is 0.444 e. The van der Waals surface area contributed by atoms with Crippen LogP contribution in [0.25, 0.3) is 0 Å². The first kappa shape index (κ1) is 44.3. The number of Topliss-reactive ketones (excluding diaryl/α,β-unsaturated/α-hetero) is 1. The van der Waals surface area contributed by atoms with Crippen LogP contribution in [0.3, 0.4) is 0 Å². The van der Waals surface area contributed by atoms with Crippen LogP contribution in [0.1, 0.15) is 99.2 Å². The van der Waals surface area contributed by atoms with Crippen molar-refractivity contribution in [1.82, 2.24) is 20.9 Å². The van der Waals surface area contributed by atoms with Crippen LogP contribution >= 0.6 is 0 Å². The maximum absolute atomic E-state index is 13.7. The fourth-order valence-electron chi connectivity index (χ4n) is 7.51. The van der Waals surface area contributed by atoms with E-state index in [1.807, 2.05) is 78.9 Å². The van der Waals surface area contributed by atoms with E-state index in [4.69, 9.17) is 4.74 Å². The summed E-state index contributed by atoms with van der Waals surface area (Å²) in [7, 11) is 0. The molecule has 312 valence electrons. The Morgan fingerprint density at radius 2 is 1.49 bits per heavy atom. The third kappa shape index (κ3) is 14.5. The molecule has 3 atom stereocenters. The quantitative estimate of drug-likeness (QED) is 0.0832. The predicted molar refractivity (Wildman–Crippen MR) is 231 cm³/mol. The van der Waals surface area contributed by atoms with Crippen molar-refractivity contribution in [3.63, 3.8) is 0 Å². The molecule has 4 amide bonds. The van der Waals surface area contributed by atoms with Crippen molar-refractivity contribution in [3.05, 3.63) is 143 Å². The van der Waals surface area contributed by atoms with E-state index in [9.17, 15) is 24.0 Å². The average Bonchev–Trinajstić information content (AvgIpc) is 3.52. The van der Waals surface area contributed by atoms with Crippen LogP contribution in [-0.4, -0.2) is 65.3 Å². The van der Waals surface area contributed by atoms with Gasteiger partial charge >= 0.3 is 6.09 Å². The number of hydrogen-bond donors (Lipinski definition) is 3. The summed E-state index contributed by atoms with van der Waals surface area (Å²) in [6.45, 7) is 6.50. The number of rotatable bonds is 19. The Morgan fingerprint density at radius 1 is 0.780 bits per heavy atom. The Labute approximate surface area is 349 Å². The Bertz CT molecular complexity index is 1970. The molecule has 2 aliphatic rings. The number of ether oxygens (including phenoxy) is 1. The zero-order valence-corrected chi connectivity index (χ0v) is 34.8. The molecule has 0 fully saturated rings. The molecule has 0 aromatic heterocycles. The molecular formula is C49H60N4O6. The number of unbranched alkanes of at least 4 members (excludes halogenated alkanes) is 2. The van der Waals surface area contributed by atoms with Gasteiger partial charge in [-0.15, -0.1) is 0 Å². The van der Waals surface area contributed by atoms with Crippen molar-refractivity contribution in [2.45, 2.75) is 109 Å². The van der Waals surface area contributed by atoms with Crippen LogP contribution in [0.2, 0.25) is 0 Å². The van der Waals surface area contributed by atoms with Gasteiger partial charge in [0.2, 0.25) is 17.7 Å². The van der Waals surface area contributed by atoms with Gasteiger partial charge in [0, 0.05) is 50.4 Å². The number of hydrogen-bond acceptors (Lipinski definition) is 6. The molecule has 0 spiro atoms. The molecule has 1 heterocycles. The number of benzene rings is 3. The first-order valence-corrected chi connectivity index (χ1v) is 21.0. The summed E-state index contributed by atoms with van der Waals surface area (Å²) in [6, 6.07) is 25.7. The number of carbonyl (C=O) groups is 5. The molecular weight excluding hydrogens is 741 g/mol. The zero-order chi connectivity index (χ0) is 42.0. The molecule has 1 aliphatic carbocycles. The predicted octanol–water partition coefficient (Wildman–Crippen LogP) is 7.98. The van der Waals surface area contributed by atoms with E-state index in [0.717, 1.165) is 24.0 Å². The highest BCUT2D eigenvalue weighted by atomic mass is 16.6. The van der Waals surface area contributed by atoms with E-state index in [-0.39, 0.29) is 42.3 Å². The number of amides is 4. The highest BCUT2D eigenvalue weighted by molar-refractivity contribution is 5.96. The van der Waals surface area contributed by atoms with Gasteiger partial charge in [-0.2, -0.15) is 0 Å². The van der Waals surface area contributed by atoms with Gasteiger partial charge in [0.1, 0.15) is 17.7 Å². The van der Waals surface area contributed by atoms with Crippen LogP contribution in [0.15, 0.2) is 121 Å². The first-order chi connectivity index (χ1) is 28.5. The molecule has 5 rings (SSSR count). The second kappa shape index (κ2) is 22.4. The molecule has 3 N–H and O–H groups in total. The fraction of sp³-hybridized carbons (Fsp3) is 0.408. The summed E-state index contributed by atoms with van der Waals surface area (Å²) in [5, 5.41) is 8.99. The third-order valence-electron chi connectivity index (χ3n) is 10.6. The Hall–Kier alpha value is -5.77. The van der Waals surface area contributed by atoms with Crippen molar-refractivity contribution in [1.29, 1.82) is 0 Å². The first-order valence-electron chi connectivity index (χ1n) is 21.0. The standard InChI is InChI=1S/C49H60N4O6/c1-49(2,3)59-48(58)52-42(46(56)51-34-41(32-36-20-9-6-10-21-36)37-22-11-4-5-12-23-37)28-15-8-18-31-50-47(57)43-33-39-26-16-17-27-40(39)35-53(43)45(55)30-19-29-44(54)38-24-13-7-14-25-38/h4-7,9-14,16-17,20-22,24-27,41-43H,8,15,18-19,23,28-35H2,1-3H3,(H,50,57)(H,51,56)(H,52,58)/t41?,42?,43-/m0/s1. The van der Waals surface area contributed by atoms with Gasteiger partial charge in [-0.3, -0.25) is 19.2 Å². The summed E-state index contributed by atoms with van der Waals surface area (Å²) < 4.78 is 5.51. The van der Waals surface area contributed by atoms with Crippen LogP contribution in [0, 0.1) is 5.92 Å². The highest BCUT2D eigenvalue weighted by Gasteiger charge is 2.34. The SMILES string of the molecule is CC(C)(C)OC(=O)NC(CCCCCNC(=O)[C@@H]1Cc2ccccc2CN1C(=O)CCCC(=O)c1ccccc1)C(=O)NCC(Cc1ccccc1)C1=CC=CC=CC1. The van der Waals surface area contributed by atoms with E-state index in [1.54, 1.807) is 37.8 Å².